The van der Waals surface area contributed by atoms with Crippen molar-refractivity contribution >= 4 is 43.9 Å². The molecule has 11 heteroatoms. The van der Waals surface area contributed by atoms with E-state index < -0.39 is 39.6 Å². The Morgan fingerprint density at radius 2 is 1.91 bits per heavy atom. The molecule has 1 heterocycles. The third-order valence-electron chi connectivity index (χ3n) is 5.13. The molecule has 0 spiro atoms. The van der Waals surface area contributed by atoms with Crippen LogP contribution >= 0.6 is 11.3 Å². The number of hydrogen-bond acceptors (Lipinski definition) is 6. The maximum Gasteiger partial charge on any atom is 0.341 e. The molecule has 0 saturated carbocycles. The summed E-state index contributed by atoms with van der Waals surface area (Å²) in [5.74, 6) is -3.64. The number of halogens is 2. The molecule has 1 aromatic carbocycles. The highest BCUT2D eigenvalue weighted by molar-refractivity contribution is 7.92. The zero-order valence-electron chi connectivity index (χ0n) is 17.9. The van der Waals surface area contributed by atoms with Gasteiger partial charge in [0.05, 0.1) is 24.1 Å². The summed E-state index contributed by atoms with van der Waals surface area (Å²) in [6.45, 7) is 3.18. The fourth-order valence-electron chi connectivity index (χ4n) is 3.72. The molecule has 1 aromatic heterocycles. The largest absolute Gasteiger partial charge is 0.462 e. The van der Waals surface area contributed by atoms with Crippen molar-refractivity contribution in [3.63, 3.8) is 0 Å². The molecule has 0 radical (unpaired) electrons. The number of fused-ring (bicyclic) bond motifs is 1. The van der Waals surface area contributed by atoms with E-state index in [1.54, 1.807) is 6.92 Å². The maximum absolute atomic E-state index is 13.7. The minimum absolute atomic E-state index is 0.172. The molecule has 1 aliphatic carbocycles. The zero-order chi connectivity index (χ0) is 23.6. The van der Waals surface area contributed by atoms with E-state index in [1.807, 2.05) is 0 Å². The van der Waals surface area contributed by atoms with Gasteiger partial charge >= 0.3 is 5.97 Å². The molecule has 7 nitrogen and oxygen atoms in total. The number of carbonyl (C=O) groups excluding carboxylic acids is 2. The summed E-state index contributed by atoms with van der Waals surface area (Å²) >= 11 is 1.27. The number of nitrogens with one attached hydrogen (secondary N) is 1. The minimum Gasteiger partial charge on any atom is -0.462 e. The summed E-state index contributed by atoms with van der Waals surface area (Å²) in [5, 5.41) is 2.96. The molecule has 0 unspecified atom stereocenters. The second-order valence-corrected chi connectivity index (χ2v) is 10.4. The fraction of sp³-hybridized carbons (Fsp3) is 0.429. The van der Waals surface area contributed by atoms with Gasteiger partial charge in [0.25, 0.3) is 0 Å². The number of esters is 1. The standard InChI is InChI=1S/C21H24F2N2O5S2/c1-4-30-21(27)18-14-7-5-6-8-17(14)31-20(18)24-19(26)12(2)25(32(3,28)29)13-9-10-15(22)16(23)11-13/h9-12H,4-8H2,1-3H3,(H,24,26)/t12-/m1/s1. The van der Waals surface area contributed by atoms with Crippen LogP contribution in [-0.4, -0.2) is 39.2 Å². The summed E-state index contributed by atoms with van der Waals surface area (Å²) in [6.07, 6.45) is 4.22. The van der Waals surface area contributed by atoms with Gasteiger partial charge in [-0.05, 0) is 57.2 Å². The number of sulfonamides is 1. The first-order valence-electron chi connectivity index (χ1n) is 10.1. The first-order valence-corrected chi connectivity index (χ1v) is 12.8. The Bertz CT molecular complexity index is 1150. The smallest absolute Gasteiger partial charge is 0.341 e. The molecule has 0 fully saturated rings. The van der Waals surface area contributed by atoms with Crippen molar-refractivity contribution in [3.8, 4) is 0 Å². The van der Waals surface area contributed by atoms with Crippen LogP contribution in [0.25, 0.3) is 0 Å². The Balaban J connectivity index is 1.95. The van der Waals surface area contributed by atoms with Gasteiger partial charge in [0.15, 0.2) is 11.6 Å². The molecule has 1 aliphatic rings. The Morgan fingerprint density at radius 1 is 1.22 bits per heavy atom. The molecule has 1 atom stereocenters. The second-order valence-electron chi connectivity index (χ2n) is 7.46. The van der Waals surface area contributed by atoms with Crippen molar-refractivity contribution in [1.82, 2.24) is 0 Å². The third-order valence-corrected chi connectivity index (χ3v) is 7.58. The van der Waals surface area contributed by atoms with E-state index in [0.29, 0.717) is 27.4 Å². The number of thiophene rings is 1. The van der Waals surface area contributed by atoms with Gasteiger partial charge in [-0.1, -0.05) is 0 Å². The first-order chi connectivity index (χ1) is 15.0. The molecule has 0 saturated heterocycles. The van der Waals surface area contributed by atoms with Gasteiger partial charge in [-0.2, -0.15) is 0 Å². The number of benzene rings is 1. The van der Waals surface area contributed by atoms with E-state index in [9.17, 15) is 26.8 Å². The molecule has 2 aromatic rings. The number of hydrogen-bond donors (Lipinski definition) is 1. The van der Waals surface area contributed by atoms with Crippen LogP contribution in [0.4, 0.5) is 19.5 Å². The van der Waals surface area contributed by atoms with Gasteiger partial charge in [0, 0.05) is 10.9 Å². The molecular weight excluding hydrogens is 462 g/mol. The average molecular weight is 487 g/mol. The van der Waals surface area contributed by atoms with E-state index in [2.05, 4.69) is 5.32 Å². The molecule has 3 rings (SSSR count). The van der Waals surface area contributed by atoms with E-state index in [-0.39, 0.29) is 12.3 Å². The molecule has 174 valence electrons. The Morgan fingerprint density at radius 3 is 2.53 bits per heavy atom. The van der Waals surface area contributed by atoms with Crippen LogP contribution in [0.5, 0.6) is 0 Å². The van der Waals surface area contributed by atoms with Crippen LogP contribution in [0.1, 0.15) is 47.5 Å². The second kappa shape index (κ2) is 9.53. The third kappa shape index (κ3) is 4.93. The van der Waals surface area contributed by atoms with E-state index in [1.165, 1.54) is 18.3 Å². The zero-order valence-corrected chi connectivity index (χ0v) is 19.5. The van der Waals surface area contributed by atoms with Crippen molar-refractivity contribution in [2.75, 3.05) is 22.5 Å². The average Bonchev–Trinajstić information content (AvgIpc) is 3.07. The highest BCUT2D eigenvalue weighted by Gasteiger charge is 2.32. The highest BCUT2D eigenvalue weighted by atomic mass is 32.2. The van der Waals surface area contributed by atoms with Gasteiger partial charge in [0.1, 0.15) is 11.0 Å². The van der Waals surface area contributed by atoms with Crippen LogP contribution in [0, 0.1) is 11.6 Å². The number of rotatable bonds is 7. The Hall–Kier alpha value is -2.53. The predicted octanol–water partition coefficient (Wildman–Crippen LogP) is 3.88. The predicted molar refractivity (Wildman–Crippen MR) is 119 cm³/mol. The van der Waals surface area contributed by atoms with Crippen molar-refractivity contribution in [1.29, 1.82) is 0 Å². The van der Waals surface area contributed by atoms with Crippen molar-refractivity contribution in [2.45, 2.75) is 45.6 Å². The van der Waals surface area contributed by atoms with Gasteiger partial charge in [0.2, 0.25) is 15.9 Å². The molecule has 1 N–H and O–H groups in total. The highest BCUT2D eigenvalue weighted by Crippen LogP contribution is 2.39. The van der Waals surface area contributed by atoms with Gasteiger partial charge < -0.3 is 10.1 Å². The number of anilines is 2. The molecular formula is C21H24F2N2O5S2. The van der Waals surface area contributed by atoms with Crippen LogP contribution in [0.3, 0.4) is 0 Å². The quantitative estimate of drug-likeness (QED) is 0.600. The Labute approximate surface area is 189 Å². The van der Waals surface area contributed by atoms with Crippen LogP contribution in [0.15, 0.2) is 18.2 Å². The number of aryl methyl sites for hydroxylation is 1. The van der Waals surface area contributed by atoms with Gasteiger partial charge in [-0.15, -0.1) is 11.3 Å². The molecule has 0 aliphatic heterocycles. The van der Waals surface area contributed by atoms with Crippen molar-refractivity contribution < 1.29 is 31.5 Å². The summed E-state index contributed by atoms with van der Waals surface area (Å²) < 4.78 is 57.8. The van der Waals surface area contributed by atoms with Gasteiger partial charge in [-0.3, -0.25) is 9.10 Å². The first kappa shape index (κ1) is 24.1. The monoisotopic (exact) mass is 486 g/mol. The lowest BCUT2D eigenvalue weighted by molar-refractivity contribution is -0.116. The normalized spacial score (nSPS) is 14.4. The van der Waals surface area contributed by atoms with Crippen molar-refractivity contribution in [2.24, 2.45) is 0 Å². The summed E-state index contributed by atoms with van der Waals surface area (Å²) in [6, 6.07) is 1.29. The number of amides is 1. The SMILES string of the molecule is CCOC(=O)c1c(NC(=O)[C@@H](C)N(c2ccc(F)c(F)c2)S(C)(=O)=O)sc2c1CCCC2. The molecule has 32 heavy (non-hydrogen) atoms. The Kier molecular flexibility index (Phi) is 7.19. The van der Waals surface area contributed by atoms with E-state index >= 15 is 0 Å². The lowest BCUT2D eigenvalue weighted by Crippen LogP contribution is -2.45. The van der Waals surface area contributed by atoms with Crippen LogP contribution in [-0.2, 0) is 32.4 Å². The number of nitrogens with zero attached hydrogens (tertiary/aromatic N) is 1. The lowest BCUT2D eigenvalue weighted by Gasteiger charge is -2.28. The summed E-state index contributed by atoms with van der Waals surface area (Å²) in [4.78, 5) is 26.6. The summed E-state index contributed by atoms with van der Waals surface area (Å²) in [7, 11) is -4.03. The lowest BCUT2D eigenvalue weighted by atomic mass is 9.95. The van der Waals surface area contributed by atoms with Gasteiger partial charge in [-0.25, -0.2) is 22.0 Å². The van der Waals surface area contributed by atoms with Crippen LogP contribution in [0.2, 0.25) is 0 Å². The van der Waals surface area contributed by atoms with Crippen molar-refractivity contribution in [3.05, 3.63) is 45.8 Å². The van der Waals surface area contributed by atoms with E-state index in [4.69, 9.17) is 4.74 Å². The van der Waals surface area contributed by atoms with Crippen LogP contribution < -0.4 is 9.62 Å². The maximum atomic E-state index is 13.7. The fourth-order valence-corrected chi connectivity index (χ4v) is 6.17. The minimum atomic E-state index is -4.03. The molecule has 1 amide bonds. The number of carbonyl (C=O) groups is 2. The molecule has 0 bridgehead atoms. The topological polar surface area (TPSA) is 92.8 Å². The summed E-state index contributed by atoms with van der Waals surface area (Å²) in [5.41, 5.74) is 0.958. The van der Waals surface area contributed by atoms with E-state index in [0.717, 1.165) is 48.1 Å². The number of ether oxygens (including phenoxy) is 1.